The normalized spacial score (nSPS) is 20.2. The number of amides is 1. The van der Waals surface area contributed by atoms with Crippen LogP contribution in [0.4, 0.5) is 0 Å². The highest BCUT2D eigenvalue weighted by Gasteiger charge is 2.30. The van der Waals surface area contributed by atoms with Crippen molar-refractivity contribution < 1.29 is 14.4 Å². The molecule has 4 rings (SSSR count). The first kappa shape index (κ1) is 16.5. The van der Waals surface area contributed by atoms with Gasteiger partial charge in [-0.05, 0) is 32.8 Å². The summed E-state index contributed by atoms with van der Waals surface area (Å²) in [5, 5.41) is 14.3. The molecule has 7 nitrogen and oxygen atoms in total. The van der Waals surface area contributed by atoms with Crippen LogP contribution in [0.3, 0.4) is 0 Å². The molecule has 1 N–H and O–H groups in total. The molecule has 0 aromatic carbocycles. The number of β-amino-alcohol motifs (C(OH)–C–C–N with tert-alkyl or cyclic N) is 1. The summed E-state index contributed by atoms with van der Waals surface area (Å²) >= 11 is 0. The fraction of sp³-hybridized carbons (Fsp3) is 0.611. The molecule has 7 heteroatoms. The van der Waals surface area contributed by atoms with Crippen molar-refractivity contribution in [1.82, 2.24) is 19.9 Å². The zero-order chi connectivity index (χ0) is 17.6. The van der Waals surface area contributed by atoms with Crippen LogP contribution in [0.2, 0.25) is 0 Å². The van der Waals surface area contributed by atoms with Crippen LogP contribution in [0.1, 0.15) is 47.4 Å². The molecule has 3 heterocycles. The lowest BCUT2D eigenvalue weighted by atomic mass is 10.1. The molecule has 1 aliphatic heterocycles. The quantitative estimate of drug-likeness (QED) is 0.906. The number of aromatic nitrogens is 2. The van der Waals surface area contributed by atoms with Crippen LogP contribution >= 0.6 is 0 Å². The second-order valence-electron chi connectivity index (χ2n) is 7.26. The minimum Gasteiger partial charge on any atom is -0.392 e. The first-order valence-electron chi connectivity index (χ1n) is 8.99. The van der Waals surface area contributed by atoms with Gasteiger partial charge in [0.2, 0.25) is 0 Å². The van der Waals surface area contributed by atoms with Crippen molar-refractivity contribution in [1.29, 1.82) is 0 Å². The van der Waals surface area contributed by atoms with Crippen molar-refractivity contribution in [3.05, 3.63) is 23.0 Å². The van der Waals surface area contributed by atoms with Crippen LogP contribution < -0.4 is 0 Å². The Morgan fingerprint density at radius 3 is 2.72 bits per heavy atom. The molecule has 0 radical (unpaired) electrons. The number of fused-ring (bicyclic) bond motifs is 1. The number of hydrogen-bond acceptors (Lipinski definition) is 6. The number of aliphatic hydroxyl groups is 1. The lowest BCUT2D eigenvalue weighted by Gasteiger charge is -2.35. The molecule has 0 bridgehead atoms. The van der Waals surface area contributed by atoms with Gasteiger partial charge < -0.3 is 14.5 Å². The highest BCUT2D eigenvalue weighted by molar-refractivity contribution is 6.06. The fourth-order valence-corrected chi connectivity index (χ4v) is 3.55. The van der Waals surface area contributed by atoms with Gasteiger partial charge >= 0.3 is 0 Å². The van der Waals surface area contributed by atoms with Crippen molar-refractivity contribution in [2.75, 3.05) is 32.7 Å². The van der Waals surface area contributed by atoms with Gasteiger partial charge in [0, 0.05) is 44.3 Å². The van der Waals surface area contributed by atoms with Gasteiger partial charge in [0.05, 0.1) is 22.7 Å². The number of aryl methyl sites for hydroxylation is 1. The second-order valence-corrected chi connectivity index (χ2v) is 7.26. The lowest BCUT2D eigenvalue weighted by Crippen LogP contribution is -2.50. The molecule has 1 aliphatic carbocycles. The summed E-state index contributed by atoms with van der Waals surface area (Å²) in [6.45, 7) is 7.18. The van der Waals surface area contributed by atoms with Gasteiger partial charge in [0.25, 0.3) is 11.6 Å². The fourth-order valence-electron chi connectivity index (χ4n) is 3.55. The van der Waals surface area contributed by atoms with Crippen molar-refractivity contribution in [2.45, 2.75) is 38.7 Å². The highest BCUT2D eigenvalue weighted by Crippen LogP contribution is 2.40. The van der Waals surface area contributed by atoms with Gasteiger partial charge in [0.15, 0.2) is 0 Å². The van der Waals surface area contributed by atoms with Gasteiger partial charge in [0.1, 0.15) is 0 Å². The minimum atomic E-state index is -0.345. The van der Waals surface area contributed by atoms with E-state index in [9.17, 15) is 9.90 Å². The van der Waals surface area contributed by atoms with Gasteiger partial charge in [-0.1, -0.05) is 5.16 Å². The lowest BCUT2D eigenvalue weighted by molar-refractivity contribution is 0.0555. The van der Waals surface area contributed by atoms with E-state index in [-0.39, 0.29) is 12.0 Å². The molecule has 25 heavy (non-hydrogen) atoms. The smallest absolute Gasteiger partial charge is 0.259 e. The average molecular weight is 344 g/mol. The van der Waals surface area contributed by atoms with E-state index in [0.29, 0.717) is 42.5 Å². The van der Waals surface area contributed by atoms with Crippen LogP contribution in [-0.4, -0.2) is 69.8 Å². The van der Waals surface area contributed by atoms with Crippen molar-refractivity contribution in [3.63, 3.8) is 0 Å². The molecule has 0 spiro atoms. The summed E-state index contributed by atoms with van der Waals surface area (Å²) in [7, 11) is 0. The first-order valence-corrected chi connectivity index (χ1v) is 8.99. The molecule has 0 unspecified atom stereocenters. The maximum absolute atomic E-state index is 13.1. The number of aliphatic hydroxyl groups excluding tert-OH is 1. The largest absolute Gasteiger partial charge is 0.392 e. The number of piperazine rings is 1. The second kappa shape index (κ2) is 6.38. The Bertz CT molecular complexity index is 789. The molecule has 1 saturated carbocycles. The standard InChI is InChI=1S/C18H24N4O3/c1-11(23)10-21-5-7-22(8-6-21)18(24)14-9-15(13-3-4-13)19-17-16(14)12(2)20-25-17/h9,11,13,23H,3-8,10H2,1-2H3/t11-/m0/s1. The number of carbonyl (C=O) groups is 1. The molecular formula is C18H24N4O3. The number of hydrogen-bond donors (Lipinski definition) is 1. The third kappa shape index (κ3) is 3.26. The Balaban J connectivity index is 1.59. The van der Waals surface area contributed by atoms with E-state index in [4.69, 9.17) is 4.52 Å². The number of nitrogens with zero attached hydrogens (tertiary/aromatic N) is 4. The Morgan fingerprint density at radius 1 is 1.36 bits per heavy atom. The Labute approximate surface area is 146 Å². The predicted octanol–water partition coefficient (Wildman–Crippen LogP) is 1.55. The van der Waals surface area contributed by atoms with Crippen LogP contribution in [0.25, 0.3) is 11.1 Å². The van der Waals surface area contributed by atoms with E-state index in [1.165, 1.54) is 0 Å². The molecule has 1 atom stereocenters. The molecule has 2 aromatic rings. The van der Waals surface area contributed by atoms with Gasteiger partial charge in [-0.3, -0.25) is 9.69 Å². The summed E-state index contributed by atoms with van der Waals surface area (Å²) in [5.41, 5.74) is 2.79. The van der Waals surface area contributed by atoms with E-state index >= 15 is 0 Å². The van der Waals surface area contributed by atoms with Crippen molar-refractivity contribution in [2.24, 2.45) is 0 Å². The van der Waals surface area contributed by atoms with Crippen molar-refractivity contribution >= 4 is 17.0 Å². The molecule has 2 aromatic heterocycles. The van der Waals surface area contributed by atoms with E-state index in [1.54, 1.807) is 6.92 Å². The van der Waals surface area contributed by atoms with Crippen LogP contribution in [0.5, 0.6) is 0 Å². The zero-order valence-corrected chi connectivity index (χ0v) is 14.7. The zero-order valence-electron chi connectivity index (χ0n) is 14.7. The summed E-state index contributed by atoms with van der Waals surface area (Å²) < 4.78 is 5.34. The number of carbonyl (C=O) groups excluding carboxylic acids is 1. The molecule has 1 saturated heterocycles. The van der Waals surface area contributed by atoms with Gasteiger partial charge in [-0.2, -0.15) is 0 Å². The summed E-state index contributed by atoms with van der Waals surface area (Å²) in [6, 6.07) is 1.94. The highest BCUT2D eigenvalue weighted by atomic mass is 16.5. The predicted molar refractivity (Wildman–Crippen MR) is 92.5 cm³/mol. The number of rotatable bonds is 4. The monoisotopic (exact) mass is 344 g/mol. The summed E-state index contributed by atoms with van der Waals surface area (Å²) in [6.07, 6.45) is 1.90. The van der Waals surface area contributed by atoms with Gasteiger partial charge in [-0.25, -0.2) is 4.98 Å². The van der Waals surface area contributed by atoms with Crippen LogP contribution in [0, 0.1) is 6.92 Å². The maximum Gasteiger partial charge on any atom is 0.259 e. The Morgan fingerprint density at radius 2 is 2.08 bits per heavy atom. The maximum atomic E-state index is 13.1. The number of pyridine rings is 1. The van der Waals surface area contributed by atoms with Crippen LogP contribution in [-0.2, 0) is 0 Å². The molecule has 2 fully saturated rings. The molecular weight excluding hydrogens is 320 g/mol. The van der Waals surface area contributed by atoms with E-state index in [1.807, 2.05) is 17.9 Å². The van der Waals surface area contributed by atoms with E-state index in [0.717, 1.165) is 37.0 Å². The summed E-state index contributed by atoms with van der Waals surface area (Å²) in [4.78, 5) is 21.8. The summed E-state index contributed by atoms with van der Waals surface area (Å²) in [5.74, 6) is 0.474. The minimum absolute atomic E-state index is 0.0253. The third-order valence-corrected chi connectivity index (χ3v) is 5.04. The molecule has 134 valence electrons. The van der Waals surface area contributed by atoms with Gasteiger partial charge in [-0.15, -0.1) is 0 Å². The Hall–Kier alpha value is -1.99. The molecule has 1 amide bonds. The van der Waals surface area contributed by atoms with E-state index in [2.05, 4.69) is 15.0 Å². The third-order valence-electron chi connectivity index (χ3n) is 5.04. The topological polar surface area (TPSA) is 82.7 Å². The molecule has 2 aliphatic rings. The average Bonchev–Trinajstić information content (AvgIpc) is 3.38. The van der Waals surface area contributed by atoms with Crippen LogP contribution in [0.15, 0.2) is 10.6 Å². The SMILES string of the molecule is Cc1noc2nc(C3CC3)cc(C(=O)N3CCN(C[C@H](C)O)CC3)c12. The first-order chi connectivity index (χ1) is 12.0. The van der Waals surface area contributed by atoms with E-state index < -0.39 is 0 Å². The van der Waals surface area contributed by atoms with Crippen molar-refractivity contribution in [3.8, 4) is 0 Å². The Kier molecular flexibility index (Phi) is 4.21.